The molecule has 0 aliphatic heterocycles. The van der Waals surface area contributed by atoms with Crippen molar-refractivity contribution in [3.63, 3.8) is 0 Å². The van der Waals surface area contributed by atoms with Gasteiger partial charge in [0.05, 0.1) is 0 Å². The highest BCUT2D eigenvalue weighted by molar-refractivity contribution is 5.85. The summed E-state index contributed by atoms with van der Waals surface area (Å²) in [5, 5.41) is 0. The van der Waals surface area contributed by atoms with E-state index in [0.29, 0.717) is 13.1 Å². The van der Waals surface area contributed by atoms with E-state index in [2.05, 4.69) is 4.98 Å². The van der Waals surface area contributed by atoms with Gasteiger partial charge in [-0.3, -0.25) is 9.78 Å². The fraction of sp³-hybridized carbons (Fsp3) is 0.250. The molecule has 0 saturated carbocycles. The quantitative estimate of drug-likeness (QED) is 0.923. The summed E-state index contributed by atoms with van der Waals surface area (Å²) < 4.78 is 0. The molecule has 0 radical (unpaired) electrons. The van der Waals surface area contributed by atoms with Crippen LogP contribution in [0.3, 0.4) is 0 Å². The number of carbonyl (C=O) groups excluding carboxylic acids is 1. The molecule has 1 aromatic carbocycles. The molecule has 0 saturated heterocycles. The van der Waals surface area contributed by atoms with Gasteiger partial charge in [0.25, 0.3) is 0 Å². The van der Waals surface area contributed by atoms with Gasteiger partial charge in [-0.05, 0) is 30.2 Å². The third-order valence-electron chi connectivity index (χ3n) is 3.24. The van der Waals surface area contributed by atoms with Crippen LogP contribution in [0.15, 0.2) is 54.9 Å². The number of pyridine rings is 1. The first-order valence-corrected chi connectivity index (χ1v) is 6.70. The van der Waals surface area contributed by atoms with Crippen molar-refractivity contribution >= 4 is 18.3 Å². The number of halogens is 1. The Kier molecular flexibility index (Phi) is 6.85. The first-order chi connectivity index (χ1) is 9.72. The Morgan fingerprint density at radius 3 is 2.38 bits per heavy atom. The Hall–Kier alpha value is -1.91. The van der Waals surface area contributed by atoms with Crippen molar-refractivity contribution in [3.05, 3.63) is 66.0 Å². The zero-order valence-electron chi connectivity index (χ0n) is 12.0. The van der Waals surface area contributed by atoms with E-state index in [0.717, 1.165) is 11.1 Å². The number of nitrogens with zero attached hydrogens (tertiary/aromatic N) is 2. The summed E-state index contributed by atoms with van der Waals surface area (Å²) in [6, 6.07) is 12.6. The lowest BCUT2D eigenvalue weighted by Gasteiger charge is -2.24. The third-order valence-corrected chi connectivity index (χ3v) is 3.24. The highest BCUT2D eigenvalue weighted by Gasteiger charge is 2.21. The van der Waals surface area contributed by atoms with Crippen LogP contribution >= 0.6 is 12.4 Å². The Balaban J connectivity index is 0.00000220. The van der Waals surface area contributed by atoms with Crippen LogP contribution < -0.4 is 5.73 Å². The largest absolute Gasteiger partial charge is 0.337 e. The molecule has 112 valence electrons. The van der Waals surface area contributed by atoms with Crippen molar-refractivity contribution in [2.45, 2.75) is 19.5 Å². The van der Waals surface area contributed by atoms with E-state index >= 15 is 0 Å². The molecule has 0 bridgehead atoms. The molecule has 2 N–H and O–H groups in total. The van der Waals surface area contributed by atoms with Crippen LogP contribution in [-0.2, 0) is 11.3 Å². The van der Waals surface area contributed by atoms with Crippen LogP contribution in [0.4, 0.5) is 0 Å². The lowest BCUT2D eigenvalue weighted by atomic mass is 10.1. The maximum Gasteiger partial charge on any atom is 0.244 e. The molecule has 5 heteroatoms. The summed E-state index contributed by atoms with van der Waals surface area (Å²) in [6.45, 7) is 3.14. The van der Waals surface area contributed by atoms with Gasteiger partial charge in [-0.1, -0.05) is 30.3 Å². The monoisotopic (exact) mass is 305 g/mol. The number of likely N-dealkylation sites (N-methyl/N-ethyl adjacent to an activating group) is 1. The topological polar surface area (TPSA) is 59.2 Å². The number of aromatic nitrogens is 1. The molecule has 0 aliphatic rings. The zero-order chi connectivity index (χ0) is 14.4. The van der Waals surface area contributed by atoms with E-state index in [1.807, 2.05) is 49.4 Å². The standard InChI is InChI=1S/C16H19N3O.ClH/c1-2-19(12-13-8-10-18-11-9-13)16(20)15(17)14-6-4-3-5-7-14;/h3-11,15H,2,12,17H2,1H3;1H. The molecule has 1 atom stereocenters. The minimum Gasteiger partial charge on any atom is -0.337 e. The summed E-state index contributed by atoms with van der Waals surface area (Å²) in [5.41, 5.74) is 7.96. The van der Waals surface area contributed by atoms with Gasteiger partial charge in [0.1, 0.15) is 6.04 Å². The highest BCUT2D eigenvalue weighted by atomic mass is 35.5. The van der Waals surface area contributed by atoms with E-state index in [1.165, 1.54) is 0 Å². The number of benzene rings is 1. The van der Waals surface area contributed by atoms with Crippen LogP contribution in [0.25, 0.3) is 0 Å². The van der Waals surface area contributed by atoms with Gasteiger partial charge in [0.15, 0.2) is 0 Å². The molecule has 1 amide bonds. The van der Waals surface area contributed by atoms with Gasteiger partial charge in [-0.25, -0.2) is 0 Å². The molecule has 4 nitrogen and oxygen atoms in total. The minimum atomic E-state index is -0.613. The average molecular weight is 306 g/mol. The zero-order valence-corrected chi connectivity index (χ0v) is 12.8. The normalized spacial score (nSPS) is 11.3. The first-order valence-electron chi connectivity index (χ1n) is 6.70. The summed E-state index contributed by atoms with van der Waals surface area (Å²) in [6.07, 6.45) is 3.45. The molecule has 2 aromatic rings. The van der Waals surface area contributed by atoms with Crippen LogP contribution in [0.1, 0.15) is 24.1 Å². The second-order valence-corrected chi connectivity index (χ2v) is 4.60. The molecule has 0 aliphatic carbocycles. The lowest BCUT2D eigenvalue weighted by molar-refractivity contribution is -0.133. The molecule has 2 rings (SSSR count). The Labute approximate surface area is 131 Å². The number of nitrogens with two attached hydrogens (primary N) is 1. The second-order valence-electron chi connectivity index (χ2n) is 4.60. The Morgan fingerprint density at radius 1 is 1.19 bits per heavy atom. The van der Waals surface area contributed by atoms with E-state index in [-0.39, 0.29) is 18.3 Å². The van der Waals surface area contributed by atoms with Crippen LogP contribution in [0.2, 0.25) is 0 Å². The fourth-order valence-corrected chi connectivity index (χ4v) is 2.05. The van der Waals surface area contributed by atoms with Gasteiger partial charge in [-0.15, -0.1) is 12.4 Å². The van der Waals surface area contributed by atoms with Gasteiger partial charge in [0, 0.05) is 25.5 Å². The maximum atomic E-state index is 12.5. The van der Waals surface area contributed by atoms with Crippen molar-refractivity contribution in [3.8, 4) is 0 Å². The number of amides is 1. The number of carbonyl (C=O) groups is 1. The number of rotatable bonds is 5. The van der Waals surface area contributed by atoms with Crippen molar-refractivity contribution in [2.24, 2.45) is 5.73 Å². The highest BCUT2D eigenvalue weighted by Crippen LogP contribution is 2.14. The second kappa shape index (κ2) is 8.39. The maximum absolute atomic E-state index is 12.5. The Bertz CT molecular complexity index is 548. The molecule has 0 fully saturated rings. The van der Waals surface area contributed by atoms with E-state index in [1.54, 1.807) is 17.3 Å². The van der Waals surface area contributed by atoms with Gasteiger partial charge < -0.3 is 10.6 Å². The Morgan fingerprint density at radius 2 is 1.81 bits per heavy atom. The molecule has 1 aromatic heterocycles. The van der Waals surface area contributed by atoms with E-state index in [4.69, 9.17) is 5.73 Å². The number of hydrogen-bond donors (Lipinski definition) is 1. The third kappa shape index (κ3) is 4.55. The molecule has 0 spiro atoms. The molecule has 1 heterocycles. The summed E-state index contributed by atoms with van der Waals surface area (Å²) in [7, 11) is 0. The predicted octanol–water partition coefficient (Wildman–Crippen LogP) is 2.55. The number of hydrogen-bond acceptors (Lipinski definition) is 3. The molecule has 1 unspecified atom stereocenters. The lowest BCUT2D eigenvalue weighted by Crippen LogP contribution is -2.38. The van der Waals surface area contributed by atoms with Gasteiger partial charge in [-0.2, -0.15) is 0 Å². The van der Waals surface area contributed by atoms with Crippen LogP contribution in [-0.4, -0.2) is 22.3 Å². The summed E-state index contributed by atoms with van der Waals surface area (Å²) >= 11 is 0. The van der Waals surface area contributed by atoms with E-state index in [9.17, 15) is 4.79 Å². The van der Waals surface area contributed by atoms with Gasteiger partial charge in [0.2, 0.25) is 5.91 Å². The summed E-state index contributed by atoms with van der Waals surface area (Å²) in [4.78, 5) is 18.2. The molecular formula is C16H20ClN3O. The van der Waals surface area contributed by atoms with E-state index < -0.39 is 6.04 Å². The first kappa shape index (κ1) is 17.1. The van der Waals surface area contributed by atoms with Crippen LogP contribution in [0.5, 0.6) is 0 Å². The van der Waals surface area contributed by atoms with Gasteiger partial charge >= 0.3 is 0 Å². The fourth-order valence-electron chi connectivity index (χ4n) is 2.05. The smallest absolute Gasteiger partial charge is 0.244 e. The SMILES string of the molecule is CCN(Cc1ccncc1)C(=O)C(N)c1ccccc1.Cl. The average Bonchev–Trinajstić information content (AvgIpc) is 2.53. The van der Waals surface area contributed by atoms with Crippen LogP contribution in [0, 0.1) is 0 Å². The van der Waals surface area contributed by atoms with Crippen molar-refractivity contribution < 1.29 is 4.79 Å². The van der Waals surface area contributed by atoms with Crippen molar-refractivity contribution in [1.29, 1.82) is 0 Å². The van der Waals surface area contributed by atoms with Crippen molar-refractivity contribution in [1.82, 2.24) is 9.88 Å². The minimum absolute atomic E-state index is 0. The van der Waals surface area contributed by atoms with Crippen molar-refractivity contribution in [2.75, 3.05) is 6.54 Å². The predicted molar refractivity (Wildman–Crippen MR) is 85.9 cm³/mol. The molecule has 21 heavy (non-hydrogen) atoms. The molecular weight excluding hydrogens is 286 g/mol. The summed E-state index contributed by atoms with van der Waals surface area (Å²) in [5.74, 6) is -0.0597.